The molecule has 4 heteroatoms. The van der Waals surface area contributed by atoms with Crippen molar-refractivity contribution in [2.24, 2.45) is 0 Å². The van der Waals surface area contributed by atoms with E-state index in [1.807, 2.05) is 0 Å². The zero-order valence-electron chi connectivity index (χ0n) is 9.58. The van der Waals surface area contributed by atoms with Gasteiger partial charge in [-0.15, -0.1) is 0 Å². The standard InChI is InChI=1S/C12H15FO3/c1-12(2,13)9-4-5-10(16-3)8(6-9)7-11(14)15/h4-6H,7H2,1-3H3,(H,14,15). The molecule has 1 N–H and O–H groups in total. The number of alkyl halides is 1. The van der Waals surface area contributed by atoms with Crippen LogP contribution in [0.1, 0.15) is 25.0 Å². The molecule has 0 aliphatic carbocycles. The molecule has 0 aliphatic heterocycles. The number of benzene rings is 1. The fourth-order valence-corrected chi connectivity index (χ4v) is 1.45. The number of methoxy groups -OCH3 is 1. The van der Waals surface area contributed by atoms with Gasteiger partial charge in [0.05, 0.1) is 13.5 Å². The third-order valence-corrected chi connectivity index (χ3v) is 2.31. The van der Waals surface area contributed by atoms with Gasteiger partial charge in [-0.05, 0) is 31.5 Å². The summed E-state index contributed by atoms with van der Waals surface area (Å²) in [4.78, 5) is 10.6. The number of ether oxygens (including phenoxy) is 1. The molecular formula is C12H15FO3. The van der Waals surface area contributed by atoms with E-state index in [9.17, 15) is 9.18 Å². The Bertz CT molecular complexity index is 394. The summed E-state index contributed by atoms with van der Waals surface area (Å²) < 4.78 is 18.7. The van der Waals surface area contributed by atoms with Crippen LogP contribution in [0.15, 0.2) is 18.2 Å². The van der Waals surface area contributed by atoms with Crippen LogP contribution in [0.5, 0.6) is 5.75 Å². The molecule has 0 fully saturated rings. The van der Waals surface area contributed by atoms with Gasteiger partial charge >= 0.3 is 5.97 Å². The third-order valence-electron chi connectivity index (χ3n) is 2.31. The maximum absolute atomic E-state index is 13.7. The molecule has 1 aromatic rings. The Morgan fingerprint density at radius 1 is 1.50 bits per heavy atom. The second kappa shape index (κ2) is 4.51. The quantitative estimate of drug-likeness (QED) is 0.858. The minimum absolute atomic E-state index is 0.174. The maximum atomic E-state index is 13.7. The van der Waals surface area contributed by atoms with Gasteiger partial charge in [0.15, 0.2) is 0 Å². The normalized spacial score (nSPS) is 11.2. The van der Waals surface area contributed by atoms with E-state index in [0.29, 0.717) is 16.9 Å². The largest absolute Gasteiger partial charge is 0.496 e. The zero-order valence-corrected chi connectivity index (χ0v) is 9.58. The van der Waals surface area contributed by atoms with Crippen LogP contribution >= 0.6 is 0 Å². The average Bonchev–Trinajstić information content (AvgIpc) is 2.15. The Hall–Kier alpha value is -1.58. The third kappa shape index (κ3) is 2.95. The fourth-order valence-electron chi connectivity index (χ4n) is 1.45. The van der Waals surface area contributed by atoms with E-state index in [4.69, 9.17) is 9.84 Å². The van der Waals surface area contributed by atoms with Crippen LogP contribution in [-0.2, 0) is 16.9 Å². The van der Waals surface area contributed by atoms with Gasteiger partial charge in [-0.1, -0.05) is 6.07 Å². The molecule has 0 saturated carbocycles. The first-order chi connectivity index (χ1) is 7.34. The number of hydrogen-bond donors (Lipinski definition) is 1. The number of aliphatic carboxylic acids is 1. The van der Waals surface area contributed by atoms with Crippen LogP contribution in [0, 0.1) is 0 Å². The molecule has 0 aromatic heterocycles. The zero-order chi connectivity index (χ0) is 12.3. The summed E-state index contributed by atoms with van der Waals surface area (Å²) in [6.45, 7) is 2.86. The minimum Gasteiger partial charge on any atom is -0.496 e. The lowest BCUT2D eigenvalue weighted by Crippen LogP contribution is -2.11. The van der Waals surface area contributed by atoms with Crippen molar-refractivity contribution in [1.29, 1.82) is 0 Å². The van der Waals surface area contributed by atoms with Crippen LogP contribution in [0.2, 0.25) is 0 Å². The first-order valence-electron chi connectivity index (χ1n) is 4.92. The van der Waals surface area contributed by atoms with Gasteiger partial charge in [0, 0.05) is 5.56 Å². The molecule has 3 nitrogen and oxygen atoms in total. The molecule has 88 valence electrons. The van der Waals surface area contributed by atoms with Crippen LogP contribution in [0.25, 0.3) is 0 Å². The molecule has 0 unspecified atom stereocenters. The number of halogens is 1. The summed E-state index contributed by atoms with van der Waals surface area (Å²) in [6.07, 6.45) is -0.174. The highest BCUT2D eigenvalue weighted by atomic mass is 19.1. The summed E-state index contributed by atoms with van der Waals surface area (Å²) in [6, 6.07) is 4.73. The molecule has 16 heavy (non-hydrogen) atoms. The van der Waals surface area contributed by atoms with Crippen molar-refractivity contribution < 1.29 is 19.0 Å². The Balaban J connectivity index is 3.16. The predicted octanol–water partition coefficient (Wildman–Crippen LogP) is 2.53. The van der Waals surface area contributed by atoms with E-state index in [0.717, 1.165) is 0 Å². The lowest BCUT2D eigenvalue weighted by atomic mass is 9.96. The Labute approximate surface area is 93.9 Å². The number of carboxylic acid groups (broad SMARTS) is 1. The first-order valence-corrected chi connectivity index (χ1v) is 4.92. The van der Waals surface area contributed by atoms with Crippen molar-refractivity contribution in [2.45, 2.75) is 25.9 Å². The Kier molecular flexibility index (Phi) is 3.52. The molecule has 0 atom stereocenters. The van der Waals surface area contributed by atoms with Crippen LogP contribution < -0.4 is 4.74 Å². The highest BCUT2D eigenvalue weighted by molar-refractivity contribution is 5.71. The summed E-state index contributed by atoms with van der Waals surface area (Å²) in [5.41, 5.74) is -0.553. The van der Waals surface area contributed by atoms with E-state index in [1.54, 1.807) is 12.1 Å². The lowest BCUT2D eigenvalue weighted by Gasteiger charge is -2.17. The van der Waals surface area contributed by atoms with Gasteiger partial charge in [0.2, 0.25) is 0 Å². The number of carboxylic acids is 1. The van der Waals surface area contributed by atoms with Gasteiger partial charge in [0.25, 0.3) is 0 Å². The molecule has 0 bridgehead atoms. The SMILES string of the molecule is COc1ccc(C(C)(C)F)cc1CC(=O)O. The van der Waals surface area contributed by atoms with Crippen LogP contribution in [0.3, 0.4) is 0 Å². The summed E-state index contributed by atoms with van der Waals surface area (Å²) >= 11 is 0. The van der Waals surface area contributed by atoms with E-state index in [-0.39, 0.29) is 6.42 Å². The summed E-state index contributed by atoms with van der Waals surface area (Å²) in [5, 5.41) is 8.73. The van der Waals surface area contributed by atoms with Crippen molar-refractivity contribution in [2.75, 3.05) is 7.11 Å². The highest BCUT2D eigenvalue weighted by Gasteiger charge is 2.20. The average molecular weight is 226 g/mol. The monoisotopic (exact) mass is 226 g/mol. The maximum Gasteiger partial charge on any atom is 0.307 e. The van der Waals surface area contributed by atoms with E-state index >= 15 is 0 Å². The van der Waals surface area contributed by atoms with Crippen LogP contribution in [0.4, 0.5) is 4.39 Å². The first kappa shape index (κ1) is 12.5. The van der Waals surface area contributed by atoms with E-state index in [2.05, 4.69) is 0 Å². The Morgan fingerprint density at radius 2 is 2.12 bits per heavy atom. The molecule has 0 saturated heterocycles. The molecular weight excluding hydrogens is 211 g/mol. The molecule has 0 aliphatic rings. The molecule has 0 heterocycles. The molecule has 0 spiro atoms. The number of carbonyl (C=O) groups is 1. The summed E-state index contributed by atoms with van der Waals surface area (Å²) in [5.74, 6) is -0.498. The lowest BCUT2D eigenvalue weighted by molar-refractivity contribution is -0.136. The second-order valence-corrected chi connectivity index (χ2v) is 4.07. The second-order valence-electron chi connectivity index (χ2n) is 4.07. The fraction of sp³-hybridized carbons (Fsp3) is 0.417. The van der Waals surface area contributed by atoms with Crippen molar-refractivity contribution in [3.8, 4) is 5.75 Å². The van der Waals surface area contributed by atoms with Crippen molar-refractivity contribution in [3.05, 3.63) is 29.3 Å². The van der Waals surface area contributed by atoms with Crippen molar-refractivity contribution in [3.63, 3.8) is 0 Å². The van der Waals surface area contributed by atoms with Crippen molar-refractivity contribution >= 4 is 5.97 Å². The van der Waals surface area contributed by atoms with E-state index < -0.39 is 11.6 Å². The van der Waals surface area contributed by atoms with Crippen LogP contribution in [-0.4, -0.2) is 18.2 Å². The number of hydrogen-bond acceptors (Lipinski definition) is 2. The summed E-state index contributed by atoms with van der Waals surface area (Å²) in [7, 11) is 1.46. The van der Waals surface area contributed by atoms with E-state index in [1.165, 1.54) is 27.0 Å². The highest BCUT2D eigenvalue weighted by Crippen LogP contribution is 2.29. The predicted molar refractivity (Wildman–Crippen MR) is 58.5 cm³/mol. The molecule has 0 amide bonds. The van der Waals surface area contributed by atoms with Gasteiger partial charge in [-0.2, -0.15) is 0 Å². The minimum atomic E-state index is -1.49. The molecule has 1 rings (SSSR count). The van der Waals surface area contributed by atoms with Gasteiger partial charge in [-0.3, -0.25) is 4.79 Å². The van der Waals surface area contributed by atoms with Crippen molar-refractivity contribution in [1.82, 2.24) is 0 Å². The van der Waals surface area contributed by atoms with Gasteiger partial charge < -0.3 is 9.84 Å². The van der Waals surface area contributed by atoms with Gasteiger partial charge in [0.1, 0.15) is 11.4 Å². The van der Waals surface area contributed by atoms with Gasteiger partial charge in [-0.25, -0.2) is 4.39 Å². The molecule has 1 aromatic carbocycles. The Morgan fingerprint density at radius 3 is 2.56 bits per heavy atom. The smallest absolute Gasteiger partial charge is 0.307 e. The molecule has 0 radical (unpaired) electrons. The number of rotatable bonds is 4. The topological polar surface area (TPSA) is 46.5 Å².